The van der Waals surface area contributed by atoms with E-state index in [4.69, 9.17) is 14.9 Å². The van der Waals surface area contributed by atoms with Gasteiger partial charge in [0.05, 0.1) is 22.4 Å². The number of para-hydroxylation sites is 4. The van der Waals surface area contributed by atoms with E-state index in [0.29, 0.717) is 22.4 Å². The van der Waals surface area contributed by atoms with E-state index >= 15 is 0 Å². The Morgan fingerprint density at radius 1 is 0.809 bits per heavy atom. The van der Waals surface area contributed by atoms with E-state index in [2.05, 4.69) is 78.0 Å². The van der Waals surface area contributed by atoms with Crippen LogP contribution in [0.5, 0.6) is 0 Å². The molecule has 0 saturated heterocycles. The van der Waals surface area contributed by atoms with E-state index in [1.165, 1.54) is 23.0 Å². The molecule has 0 aliphatic rings. The molecule has 0 unspecified atom stereocenters. The van der Waals surface area contributed by atoms with Gasteiger partial charge in [0, 0.05) is 42.9 Å². The fourth-order valence-corrected chi connectivity index (χ4v) is 6.01. The van der Waals surface area contributed by atoms with Gasteiger partial charge in [-0.15, -0.1) is 54.1 Å². The SMILES string of the molecule is Cc1cccc(C)c1-n1c(-c2[c-]cccc2)nc2ccccc21.[2H]C([2H])([2H])c1cnc(-c2[c-]ccc3c2oc2ccccc23)cc1C([2H])(C)C.[Ir]. The molecule has 0 aliphatic carbocycles. The van der Waals surface area contributed by atoms with Crippen molar-refractivity contribution in [3.05, 3.63) is 150 Å². The molecule has 1 radical (unpaired) electrons. The quantitative estimate of drug-likeness (QED) is 0.167. The number of nitrogens with zero attached hydrogens (tertiary/aromatic N) is 3. The van der Waals surface area contributed by atoms with E-state index in [1.807, 2.05) is 60.7 Å². The molecule has 0 N–H and O–H groups in total. The number of furan rings is 1. The fourth-order valence-electron chi connectivity index (χ4n) is 6.01. The first-order valence-electron chi connectivity index (χ1n) is 17.3. The normalized spacial score (nSPS) is 12.9. The van der Waals surface area contributed by atoms with Crippen LogP contribution in [0.4, 0.5) is 0 Å². The minimum absolute atomic E-state index is 0. The van der Waals surface area contributed by atoms with Gasteiger partial charge in [-0.05, 0) is 72.7 Å². The van der Waals surface area contributed by atoms with Gasteiger partial charge < -0.3 is 14.0 Å². The maximum atomic E-state index is 8.39. The Morgan fingerprint density at radius 2 is 1.57 bits per heavy atom. The van der Waals surface area contributed by atoms with Crippen LogP contribution >= 0.6 is 0 Å². The Balaban J connectivity index is 0.000000174. The number of benzene rings is 5. The van der Waals surface area contributed by atoms with E-state index in [1.54, 1.807) is 19.9 Å². The monoisotopic (exact) mass is 794 g/mol. The van der Waals surface area contributed by atoms with Crippen molar-refractivity contribution in [2.75, 3.05) is 0 Å². The maximum Gasteiger partial charge on any atom is 0.120 e. The summed E-state index contributed by atoms with van der Waals surface area (Å²) in [6.45, 7) is 5.32. The average Bonchev–Trinajstić information content (AvgIpc) is 3.67. The Kier molecular flexibility index (Phi) is 7.84. The summed E-state index contributed by atoms with van der Waals surface area (Å²) in [7, 11) is 0. The summed E-state index contributed by atoms with van der Waals surface area (Å²) in [4.78, 5) is 9.25. The largest absolute Gasteiger partial charge is 0.501 e. The van der Waals surface area contributed by atoms with Gasteiger partial charge in [0.1, 0.15) is 5.58 Å². The predicted octanol–water partition coefficient (Wildman–Crippen LogP) is 11.0. The minimum Gasteiger partial charge on any atom is -0.501 e. The molecule has 0 bridgehead atoms. The van der Waals surface area contributed by atoms with Crippen LogP contribution in [0.1, 0.15) is 47.5 Å². The Hall–Kier alpha value is -4.83. The molecule has 0 aliphatic heterocycles. The van der Waals surface area contributed by atoms with Gasteiger partial charge in [-0.25, -0.2) is 0 Å². The van der Waals surface area contributed by atoms with E-state index < -0.39 is 12.7 Å². The van der Waals surface area contributed by atoms with Crippen LogP contribution in [0.15, 0.2) is 120 Å². The summed E-state index contributed by atoms with van der Waals surface area (Å²) in [6, 6.07) is 42.4. The van der Waals surface area contributed by atoms with Crippen LogP contribution in [0.25, 0.3) is 61.3 Å². The first-order valence-corrected chi connectivity index (χ1v) is 15.3. The van der Waals surface area contributed by atoms with Crippen molar-refractivity contribution in [3.8, 4) is 28.3 Å². The standard InChI is InChI=1S/C21H17N2.C21H18NO.Ir/c1-15-9-8-10-16(2)20(15)23-19-14-7-6-13-18(19)22-21(23)17-11-4-3-5-12-17;1-13(2)18-11-19(22-12-14(18)3)17-9-6-8-16-15-7-4-5-10-20(15)23-21(16)17;/h3-11,13-14H,1-2H3;4-8,10-13H,1-3H3;/q2*-1;/i;3D3,13D;. The maximum absolute atomic E-state index is 8.39. The Labute approximate surface area is 295 Å². The van der Waals surface area contributed by atoms with Crippen molar-refractivity contribution < 1.29 is 30.0 Å². The summed E-state index contributed by atoms with van der Waals surface area (Å²) < 4.78 is 40.0. The zero-order valence-electron chi connectivity index (χ0n) is 30.6. The zero-order chi connectivity index (χ0) is 35.2. The third-order valence-electron chi connectivity index (χ3n) is 8.21. The summed E-state index contributed by atoms with van der Waals surface area (Å²) in [5.41, 5.74) is 9.97. The molecule has 3 aromatic heterocycles. The zero-order valence-corrected chi connectivity index (χ0v) is 28.9. The number of fused-ring (bicyclic) bond motifs is 4. The molecule has 235 valence electrons. The van der Waals surface area contributed by atoms with Crippen molar-refractivity contribution in [2.24, 2.45) is 0 Å². The molecule has 0 atom stereocenters. The first-order chi connectivity index (χ1) is 23.9. The van der Waals surface area contributed by atoms with Crippen molar-refractivity contribution >= 4 is 33.0 Å². The second-order valence-electron chi connectivity index (χ2n) is 11.6. The molecule has 8 aromatic rings. The summed E-state index contributed by atoms with van der Waals surface area (Å²) in [6.07, 6.45) is 1.35. The molecule has 0 saturated carbocycles. The van der Waals surface area contributed by atoms with Crippen LogP contribution < -0.4 is 0 Å². The molecule has 8 rings (SSSR count). The second-order valence-corrected chi connectivity index (χ2v) is 11.6. The minimum atomic E-state index is -2.33. The van der Waals surface area contributed by atoms with Gasteiger partial charge in [0.25, 0.3) is 0 Å². The molecule has 0 fully saturated rings. The second kappa shape index (κ2) is 13.5. The van der Waals surface area contributed by atoms with Crippen LogP contribution in [0.2, 0.25) is 0 Å². The van der Waals surface area contributed by atoms with Crippen LogP contribution in [-0.4, -0.2) is 14.5 Å². The third kappa shape index (κ3) is 6.05. The summed E-state index contributed by atoms with van der Waals surface area (Å²) in [5.74, 6) is -0.146. The molecule has 0 amide bonds. The van der Waals surface area contributed by atoms with Gasteiger partial charge in [0.15, 0.2) is 0 Å². The molecule has 0 spiro atoms. The number of rotatable bonds is 4. The molecule has 3 heterocycles. The third-order valence-corrected chi connectivity index (χ3v) is 8.21. The van der Waals surface area contributed by atoms with Gasteiger partial charge in [-0.3, -0.25) is 4.98 Å². The molecule has 47 heavy (non-hydrogen) atoms. The van der Waals surface area contributed by atoms with E-state index in [-0.39, 0.29) is 25.7 Å². The number of imidazole rings is 1. The Morgan fingerprint density at radius 3 is 2.34 bits per heavy atom. The Bertz CT molecular complexity index is 2480. The van der Waals surface area contributed by atoms with Gasteiger partial charge in [-0.1, -0.05) is 79.4 Å². The molecular weight excluding hydrogens is 755 g/mol. The first kappa shape index (κ1) is 27.3. The molecule has 5 aromatic carbocycles. The van der Waals surface area contributed by atoms with Crippen LogP contribution in [0.3, 0.4) is 0 Å². The fraction of sp³-hybridized carbons (Fsp3) is 0.143. The van der Waals surface area contributed by atoms with Crippen LogP contribution in [0, 0.1) is 32.8 Å². The van der Waals surface area contributed by atoms with Crippen molar-refractivity contribution in [1.82, 2.24) is 14.5 Å². The van der Waals surface area contributed by atoms with Crippen molar-refractivity contribution in [2.45, 2.75) is 40.4 Å². The van der Waals surface area contributed by atoms with Gasteiger partial charge in [-0.2, -0.15) is 0 Å². The van der Waals surface area contributed by atoms with Gasteiger partial charge >= 0.3 is 0 Å². The smallest absolute Gasteiger partial charge is 0.120 e. The number of aromatic nitrogens is 3. The summed E-state index contributed by atoms with van der Waals surface area (Å²) >= 11 is 0. The number of pyridine rings is 1. The topological polar surface area (TPSA) is 43.9 Å². The molecule has 5 heteroatoms. The number of hydrogen-bond acceptors (Lipinski definition) is 3. The van der Waals surface area contributed by atoms with E-state index in [0.717, 1.165) is 38.8 Å². The van der Waals surface area contributed by atoms with Crippen molar-refractivity contribution in [3.63, 3.8) is 0 Å². The van der Waals surface area contributed by atoms with Gasteiger partial charge in [0.2, 0.25) is 0 Å². The molecular formula is C42H35IrN3O-2. The number of hydrogen-bond donors (Lipinski definition) is 0. The average molecular weight is 794 g/mol. The van der Waals surface area contributed by atoms with Crippen molar-refractivity contribution in [1.29, 1.82) is 0 Å². The number of aryl methyl sites for hydroxylation is 3. The van der Waals surface area contributed by atoms with Crippen LogP contribution in [-0.2, 0) is 20.1 Å². The molecule has 4 nitrogen and oxygen atoms in total. The summed E-state index contributed by atoms with van der Waals surface area (Å²) in [5, 5.41) is 1.95. The predicted molar refractivity (Wildman–Crippen MR) is 189 cm³/mol. The van der Waals surface area contributed by atoms with E-state index in [9.17, 15) is 0 Å².